The molecule has 1 aromatic heterocycles. The largest absolute Gasteiger partial charge is 0.345 e. The van der Waals surface area contributed by atoms with Crippen molar-refractivity contribution in [2.45, 2.75) is 0 Å². The molecule has 0 spiro atoms. The van der Waals surface area contributed by atoms with Gasteiger partial charge in [-0.2, -0.15) is 0 Å². The molecule has 1 rings (SSSR count). The summed E-state index contributed by atoms with van der Waals surface area (Å²) in [6.45, 7) is 0. The van der Waals surface area contributed by atoms with Gasteiger partial charge in [0.2, 0.25) is 5.28 Å². The molecule has 0 aliphatic heterocycles. The van der Waals surface area contributed by atoms with Crippen LogP contribution in [0.25, 0.3) is 0 Å². The highest BCUT2D eigenvalue weighted by molar-refractivity contribution is 6.28. The zero-order valence-electron chi connectivity index (χ0n) is 6.78. The summed E-state index contributed by atoms with van der Waals surface area (Å²) < 4.78 is 0. The molecule has 0 radical (unpaired) electrons. The van der Waals surface area contributed by atoms with Crippen LogP contribution in [-0.4, -0.2) is 34.9 Å². The van der Waals surface area contributed by atoms with Crippen LogP contribution in [0.1, 0.15) is 10.4 Å². The molecule has 5 heteroatoms. The zero-order chi connectivity index (χ0) is 9.14. The van der Waals surface area contributed by atoms with Crippen LogP contribution >= 0.6 is 11.6 Å². The summed E-state index contributed by atoms with van der Waals surface area (Å²) in [5, 5.41) is 0.144. The van der Waals surface area contributed by atoms with Crippen molar-refractivity contribution in [2.24, 2.45) is 0 Å². The second-order valence-electron chi connectivity index (χ2n) is 2.44. The summed E-state index contributed by atoms with van der Waals surface area (Å²) in [6.07, 6.45) is 2.80. The van der Waals surface area contributed by atoms with Gasteiger partial charge in [0.25, 0.3) is 5.91 Å². The number of hydrogen-bond donors (Lipinski definition) is 0. The van der Waals surface area contributed by atoms with Gasteiger partial charge in [0.05, 0.1) is 5.56 Å². The van der Waals surface area contributed by atoms with Crippen LogP contribution in [0.5, 0.6) is 0 Å². The number of nitrogens with zero attached hydrogens (tertiary/aromatic N) is 3. The molecule has 0 aliphatic carbocycles. The van der Waals surface area contributed by atoms with Crippen LogP contribution in [0.2, 0.25) is 5.28 Å². The summed E-state index contributed by atoms with van der Waals surface area (Å²) >= 11 is 5.45. The molecule has 1 heterocycles. The predicted octanol–water partition coefficient (Wildman–Crippen LogP) is 0.832. The van der Waals surface area contributed by atoms with E-state index in [0.717, 1.165) is 0 Å². The van der Waals surface area contributed by atoms with E-state index < -0.39 is 0 Å². The molecule has 0 bridgehead atoms. The molecule has 0 saturated heterocycles. The lowest BCUT2D eigenvalue weighted by Gasteiger charge is -2.08. The van der Waals surface area contributed by atoms with Crippen LogP contribution in [0.15, 0.2) is 12.4 Å². The fourth-order valence-electron chi connectivity index (χ4n) is 0.681. The van der Waals surface area contributed by atoms with Crippen molar-refractivity contribution < 1.29 is 4.79 Å². The van der Waals surface area contributed by atoms with Crippen molar-refractivity contribution in [3.63, 3.8) is 0 Å². The Labute approximate surface area is 75.2 Å². The molecule has 0 aliphatic rings. The summed E-state index contributed by atoms with van der Waals surface area (Å²) in [5.41, 5.74) is 0.435. The first kappa shape index (κ1) is 8.93. The molecule has 4 nitrogen and oxygen atoms in total. The zero-order valence-corrected chi connectivity index (χ0v) is 7.54. The van der Waals surface area contributed by atoms with Gasteiger partial charge in [0.15, 0.2) is 0 Å². The van der Waals surface area contributed by atoms with Crippen molar-refractivity contribution in [2.75, 3.05) is 14.1 Å². The lowest BCUT2D eigenvalue weighted by molar-refractivity contribution is 0.0827. The van der Waals surface area contributed by atoms with Crippen molar-refractivity contribution in [3.8, 4) is 0 Å². The first-order chi connectivity index (χ1) is 5.61. The third kappa shape index (κ3) is 1.92. The molecule has 0 fully saturated rings. The Balaban J connectivity index is 2.90. The van der Waals surface area contributed by atoms with E-state index in [2.05, 4.69) is 9.97 Å². The van der Waals surface area contributed by atoms with Crippen molar-refractivity contribution in [1.29, 1.82) is 0 Å². The summed E-state index contributed by atoms with van der Waals surface area (Å²) in [5.74, 6) is -0.133. The van der Waals surface area contributed by atoms with Crippen molar-refractivity contribution >= 4 is 17.5 Å². The van der Waals surface area contributed by atoms with Gasteiger partial charge < -0.3 is 4.90 Å². The topological polar surface area (TPSA) is 46.1 Å². The van der Waals surface area contributed by atoms with E-state index in [1.165, 1.54) is 17.3 Å². The van der Waals surface area contributed by atoms with Gasteiger partial charge in [0, 0.05) is 26.5 Å². The van der Waals surface area contributed by atoms with E-state index >= 15 is 0 Å². The highest BCUT2D eigenvalue weighted by Gasteiger charge is 2.07. The molecule has 0 saturated carbocycles. The lowest BCUT2D eigenvalue weighted by Crippen LogP contribution is -2.21. The Morgan fingerprint density at radius 1 is 1.42 bits per heavy atom. The number of rotatable bonds is 1. The molecule has 64 valence electrons. The maximum absolute atomic E-state index is 11.3. The molecule has 0 unspecified atom stereocenters. The van der Waals surface area contributed by atoms with Gasteiger partial charge >= 0.3 is 0 Å². The Hall–Kier alpha value is -1.16. The normalized spacial score (nSPS) is 9.58. The van der Waals surface area contributed by atoms with E-state index in [0.29, 0.717) is 5.56 Å². The van der Waals surface area contributed by atoms with Gasteiger partial charge in [-0.15, -0.1) is 0 Å². The third-order valence-electron chi connectivity index (χ3n) is 1.27. The minimum Gasteiger partial charge on any atom is -0.345 e. The molecule has 1 aromatic rings. The minimum absolute atomic E-state index is 0.133. The SMILES string of the molecule is CN(C)C(=O)c1cnc(Cl)nc1. The molecule has 0 N–H and O–H groups in total. The average Bonchev–Trinajstić information content (AvgIpc) is 2.04. The lowest BCUT2D eigenvalue weighted by atomic mass is 10.3. The van der Waals surface area contributed by atoms with Gasteiger partial charge in [-0.05, 0) is 11.6 Å². The highest BCUT2D eigenvalue weighted by Crippen LogP contribution is 2.02. The van der Waals surface area contributed by atoms with Crippen LogP contribution < -0.4 is 0 Å². The Bertz CT molecular complexity index is 283. The number of carbonyl (C=O) groups is 1. The molecular weight excluding hydrogens is 178 g/mol. The van der Waals surface area contributed by atoms with Crippen molar-refractivity contribution in [3.05, 3.63) is 23.2 Å². The van der Waals surface area contributed by atoms with Gasteiger partial charge in [-0.25, -0.2) is 9.97 Å². The molecular formula is C7H8ClN3O. The standard InChI is InChI=1S/C7H8ClN3O/c1-11(2)6(12)5-3-9-7(8)10-4-5/h3-4H,1-2H3. The molecule has 1 amide bonds. The fourth-order valence-corrected chi connectivity index (χ4v) is 0.779. The summed E-state index contributed by atoms with van der Waals surface area (Å²) in [4.78, 5) is 20.1. The van der Waals surface area contributed by atoms with E-state index in [4.69, 9.17) is 11.6 Å². The summed E-state index contributed by atoms with van der Waals surface area (Å²) in [7, 11) is 3.33. The molecule has 0 atom stereocenters. The monoisotopic (exact) mass is 185 g/mol. The number of halogens is 1. The maximum Gasteiger partial charge on any atom is 0.256 e. The van der Waals surface area contributed by atoms with Gasteiger partial charge in [-0.1, -0.05) is 0 Å². The van der Waals surface area contributed by atoms with E-state index in [9.17, 15) is 4.79 Å². The van der Waals surface area contributed by atoms with E-state index in [1.54, 1.807) is 14.1 Å². The smallest absolute Gasteiger partial charge is 0.256 e. The second kappa shape index (κ2) is 3.49. The first-order valence-corrected chi connectivity index (χ1v) is 3.68. The Morgan fingerprint density at radius 3 is 2.33 bits per heavy atom. The number of amides is 1. The molecule has 0 aromatic carbocycles. The van der Waals surface area contributed by atoms with E-state index in [1.807, 2.05) is 0 Å². The average molecular weight is 186 g/mol. The Kier molecular flexibility index (Phi) is 2.60. The van der Waals surface area contributed by atoms with E-state index in [-0.39, 0.29) is 11.2 Å². The van der Waals surface area contributed by atoms with Gasteiger partial charge in [0.1, 0.15) is 0 Å². The highest BCUT2D eigenvalue weighted by atomic mass is 35.5. The Morgan fingerprint density at radius 2 is 1.92 bits per heavy atom. The second-order valence-corrected chi connectivity index (χ2v) is 2.78. The first-order valence-electron chi connectivity index (χ1n) is 3.30. The van der Waals surface area contributed by atoms with Gasteiger partial charge in [-0.3, -0.25) is 4.79 Å². The minimum atomic E-state index is -0.133. The van der Waals surface area contributed by atoms with Crippen LogP contribution in [0.4, 0.5) is 0 Å². The maximum atomic E-state index is 11.3. The molecule has 12 heavy (non-hydrogen) atoms. The van der Waals surface area contributed by atoms with Crippen LogP contribution in [-0.2, 0) is 0 Å². The number of carbonyl (C=O) groups excluding carboxylic acids is 1. The fraction of sp³-hybridized carbons (Fsp3) is 0.286. The quantitative estimate of drug-likeness (QED) is 0.609. The van der Waals surface area contributed by atoms with Crippen LogP contribution in [0.3, 0.4) is 0 Å². The predicted molar refractivity (Wildman–Crippen MR) is 45.1 cm³/mol. The third-order valence-corrected chi connectivity index (χ3v) is 1.47. The van der Waals surface area contributed by atoms with Crippen LogP contribution in [0, 0.1) is 0 Å². The number of aromatic nitrogens is 2. The van der Waals surface area contributed by atoms with Crippen molar-refractivity contribution in [1.82, 2.24) is 14.9 Å². The number of hydrogen-bond acceptors (Lipinski definition) is 3. The summed E-state index contributed by atoms with van der Waals surface area (Å²) in [6, 6.07) is 0.